The highest BCUT2D eigenvalue weighted by atomic mass is 16.5. The van der Waals surface area contributed by atoms with Crippen LogP contribution in [0.3, 0.4) is 0 Å². The molecule has 3 aromatic rings. The molecule has 0 spiro atoms. The average molecular weight is 397 g/mol. The van der Waals surface area contributed by atoms with Crippen molar-refractivity contribution in [2.75, 3.05) is 0 Å². The molecule has 3 rings (SSSR count). The summed E-state index contributed by atoms with van der Waals surface area (Å²) in [7, 11) is 0. The fourth-order valence-electron chi connectivity index (χ4n) is 3.85. The number of aryl methyl sites for hydroxylation is 1. The Morgan fingerprint density at radius 3 is 2.20 bits per heavy atom. The molecule has 0 radical (unpaired) electrons. The highest BCUT2D eigenvalue weighted by Gasteiger charge is 2.23. The third-order valence-electron chi connectivity index (χ3n) is 5.57. The van der Waals surface area contributed by atoms with Gasteiger partial charge >= 0.3 is 0 Å². The van der Waals surface area contributed by atoms with E-state index in [0.29, 0.717) is 0 Å². The van der Waals surface area contributed by atoms with Crippen LogP contribution in [0, 0.1) is 12.3 Å². The first kappa shape index (κ1) is 21.7. The summed E-state index contributed by atoms with van der Waals surface area (Å²) in [5.41, 5.74) is 5.00. The fraction of sp³-hybridized carbons (Fsp3) is 0.310. The van der Waals surface area contributed by atoms with Crippen molar-refractivity contribution in [2.45, 2.75) is 58.0 Å². The number of hydrogen-bond donors (Lipinski definition) is 0. The van der Waals surface area contributed by atoms with Crippen molar-refractivity contribution in [1.29, 1.82) is 0 Å². The highest BCUT2D eigenvalue weighted by molar-refractivity contribution is 5.37. The standard InChI is InChI=1S/C29H32O/c1-5-29(4,27-16-18-28(19-17-27)30-23(2)3)20-10-15-25-13-9-14-26(22-25)21-24-11-7-6-8-12-24/h1,6-9,11-14,16-19,22-23H,10,15,20-21H2,2-4H3. The predicted molar refractivity (Wildman–Crippen MR) is 127 cm³/mol. The first-order valence-electron chi connectivity index (χ1n) is 10.9. The van der Waals surface area contributed by atoms with Gasteiger partial charge in [0, 0.05) is 0 Å². The largest absolute Gasteiger partial charge is 0.491 e. The highest BCUT2D eigenvalue weighted by Crippen LogP contribution is 2.30. The van der Waals surface area contributed by atoms with Crippen LogP contribution in [0.15, 0.2) is 78.9 Å². The normalized spacial score (nSPS) is 12.9. The van der Waals surface area contributed by atoms with Crippen molar-refractivity contribution >= 4 is 0 Å². The minimum atomic E-state index is -0.266. The first-order chi connectivity index (χ1) is 14.5. The lowest BCUT2D eigenvalue weighted by Crippen LogP contribution is -2.19. The second-order valence-corrected chi connectivity index (χ2v) is 8.50. The Bertz CT molecular complexity index is 963. The van der Waals surface area contributed by atoms with Crippen molar-refractivity contribution in [3.8, 4) is 18.1 Å². The lowest BCUT2D eigenvalue weighted by Gasteiger charge is -2.25. The molecule has 0 heterocycles. The summed E-state index contributed by atoms with van der Waals surface area (Å²) in [5, 5.41) is 0. The van der Waals surface area contributed by atoms with Crippen LogP contribution >= 0.6 is 0 Å². The maximum Gasteiger partial charge on any atom is 0.119 e. The third-order valence-corrected chi connectivity index (χ3v) is 5.57. The second kappa shape index (κ2) is 10.2. The summed E-state index contributed by atoms with van der Waals surface area (Å²) in [6.45, 7) is 6.24. The Kier molecular flexibility index (Phi) is 7.36. The smallest absolute Gasteiger partial charge is 0.119 e. The van der Waals surface area contributed by atoms with Crippen LogP contribution in [0.5, 0.6) is 5.75 Å². The number of terminal acetylenes is 1. The van der Waals surface area contributed by atoms with Gasteiger partial charge in [0.05, 0.1) is 11.5 Å². The Hall–Kier alpha value is -2.98. The van der Waals surface area contributed by atoms with Crippen LogP contribution in [0.4, 0.5) is 0 Å². The molecule has 0 N–H and O–H groups in total. The minimum Gasteiger partial charge on any atom is -0.491 e. The molecule has 0 aliphatic carbocycles. The summed E-state index contributed by atoms with van der Waals surface area (Å²) in [4.78, 5) is 0. The van der Waals surface area contributed by atoms with Crippen LogP contribution in [0.1, 0.15) is 55.9 Å². The zero-order valence-corrected chi connectivity index (χ0v) is 18.4. The molecule has 154 valence electrons. The third kappa shape index (κ3) is 6.01. The van der Waals surface area contributed by atoms with Crippen molar-refractivity contribution in [3.63, 3.8) is 0 Å². The monoisotopic (exact) mass is 396 g/mol. The molecular weight excluding hydrogens is 364 g/mol. The fourth-order valence-corrected chi connectivity index (χ4v) is 3.85. The van der Waals surface area contributed by atoms with E-state index in [-0.39, 0.29) is 11.5 Å². The second-order valence-electron chi connectivity index (χ2n) is 8.50. The Morgan fingerprint density at radius 1 is 0.867 bits per heavy atom. The Morgan fingerprint density at radius 2 is 1.53 bits per heavy atom. The van der Waals surface area contributed by atoms with Crippen LogP contribution in [-0.4, -0.2) is 6.10 Å². The maximum atomic E-state index is 5.97. The molecular formula is C29H32O. The zero-order chi connectivity index (χ0) is 21.4. The van der Waals surface area contributed by atoms with Gasteiger partial charge in [0.2, 0.25) is 0 Å². The molecule has 0 saturated heterocycles. The summed E-state index contributed by atoms with van der Waals surface area (Å²) >= 11 is 0. The van der Waals surface area contributed by atoms with E-state index < -0.39 is 0 Å². The molecule has 3 aromatic carbocycles. The zero-order valence-electron chi connectivity index (χ0n) is 18.4. The van der Waals surface area contributed by atoms with Crippen LogP contribution < -0.4 is 4.74 Å². The van der Waals surface area contributed by atoms with Gasteiger partial charge in [-0.15, -0.1) is 6.42 Å². The SMILES string of the molecule is C#CC(C)(CCCc1cccc(Cc2ccccc2)c1)c1ccc(OC(C)C)cc1. The van der Waals surface area contributed by atoms with Crippen LogP contribution in [0.2, 0.25) is 0 Å². The van der Waals surface area contributed by atoms with Crippen LogP contribution in [-0.2, 0) is 18.3 Å². The molecule has 0 saturated carbocycles. The Labute approximate surface area is 182 Å². The maximum absolute atomic E-state index is 5.97. The molecule has 1 heteroatoms. The quantitative estimate of drug-likeness (QED) is 0.355. The minimum absolute atomic E-state index is 0.174. The summed E-state index contributed by atoms with van der Waals surface area (Å²) in [6.07, 6.45) is 10.2. The van der Waals surface area contributed by atoms with Gasteiger partial charge in [-0.05, 0) is 80.8 Å². The number of rotatable bonds is 9. The lowest BCUT2D eigenvalue weighted by atomic mass is 9.78. The predicted octanol–water partition coefficient (Wildman–Crippen LogP) is 6.98. The topological polar surface area (TPSA) is 9.23 Å². The summed E-state index contributed by atoms with van der Waals surface area (Å²) in [6, 6.07) is 27.8. The van der Waals surface area contributed by atoms with E-state index in [1.807, 2.05) is 26.0 Å². The van der Waals surface area contributed by atoms with E-state index in [2.05, 4.69) is 79.6 Å². The van der Waals surface area contributed by atoms with Crippen molar-refractivity contribution < 1.29 is 4.74 Å². The molecule has 0 aromatic heterocycles. The molecule has 0 amide bonds. The molecule has 0 fully saturated rings. The van der Waals surface area contributed by atoms with E-state index in [0.717, 1.165) is 31.4 Å². The van der Waals surface area contributed by atoms with Gasteiger partial charge in [0.25, 0.3) is 0 Å². The number of hydrogen-bond acceptors (Lipinski definition) is 1. The van der Waals surface area contributed by atoms with Crippen molar-refractivity contribution in [1.82, 2.24) is 0 Å². The van der Waals surface area contributed by atoms with Gasteiger partial charge in [-0.1, -0.05) is 72.7 Å². The average Bonchev–Trinajstić information content (AvgIpc) is 2.75. The first-order valence-corrected chi connectivity index (χ1v) is 10.9. The van der Waals surface area contributed by atoms with E-state index in [9.17, 15) is 0 Å². The molecule has 1 nitrogen and oxygen atoms in total. The van der Waals surface area contributed by atoms with Gasteiger partial charge in [-0.25, -0.2) is 0 Å². The lowest BCUT2D eigenvalue weighted by molar-refractivity contribution is 0.242. The van der Waals surface area contributed by atoms with E-state index in [1.165, 1.54) is 22.3 Å². The van der Waals surface area contributed by atoms with Crippen molar-refractivity contribution in [3.05, 3.63) is 101 Å². The number of benzene rings is 3. The molecule has 1 unspecified atom stereocenters. The van der Waals surface area contributed by atoms with E-state index in [1.54, 1.807) is 0 Å². The molecule has 30 heavy (non-hydrogen) atoms. The van der Waals surface area contributed by atoms with E-state index in [4.69, 9.17) is 11.2 Å². The summed E-state index contributed by atoms with van der Waals surface area (Å²) < 4.78 is 5.76. The van der Waals surface area contributed by atoms with Crippen LogP contribution in [0.25, 0.3) is 0 Å². The Balaban J connectivity index is 1.60. The van der Waals surface area contributed by atoms with Gasteiger partial charge in [-0.3, -0.25) is 0 Å². The van der Waals surface area contributed by atoms with E-state index >= 15 is 0 Å². The molecule has 0 aliphatic rings. The van der Waals surface area contributed by atoms with Gasteiger partial charge in [-0.2, -0.15) is 0 Å². The summed E-state index contributed by atoms with van der Waals surface area (Å²) in [5.74, 6) is 3.94. The van der Waals surface area contributed by atoms with Gasteiger partial charge < -0.3 is 4.74 Å². The molecule has 0 bridgehead atoms. The van der Waals surface area contributed by atoms with Crippen molar-refractivity contribution in [2.24, 2.45) is 0 Å². The van der Waals surface area contributed by atoms with Gasteiger partial charge in [0.1, 0.15) is 5.75 Å². The molecule has 0 aliphatic heterocycles. The molecule has 1 atom stereocenters. The van der Waals surface area contributed by atoms with Gasteiger partial charge in [0.15, 0.2) is 0 Å². The number of ether oxygens (including phenoxy) is 1.